The van der Waals surface area contributed by atoms with Crippen LogP contribution in [-0.4, -0.2) is 102 Å². The fourth-order valence-corrected chi connectivity index (χ4v) is 7.42. The van der Waals surface area contributed by atoms with Crippen LogP contribution in [0.4, 0.5) is 0 Å². The molecule has 3 bridgehead atoms. The van der Waals surface area contributed by atoms with E-state index in [4.69, 9.17) is 34.4 Å². The van der Waals surface area contributed by atoms with E-state index in [0.717, 1.165) is 0 Å². The number of cyclic esters (lactones) is 1. The van der Waals surface area contributed by atoms with Crippen molar-refractivity contribution in [3.05, 3.63) is 11.6 Å². The van der Waals surface area contributed by atoms with E-state index in [-0.39, 0.29) is 24.7 Å². The van der Waals surface area contributed by atoms with Crippen LogP contribution in [0.15, 0.2) is 11.6 Å². The lowest BCUT2D eigenvalue weighted by molar-refractivity contribution is -0.328. The van der Waals surface area contributed by atoms with E-state index >= 15 is 0 Å². The summed E-state index contributed by atoms with van der Waals surface area (Å²) in [6.07, 6.45) is -1.06. The number of hydrogen-bond acceptors (Lipinski definition) is 11. The van der Waals surface area contributed by atoms with Gasteiger partial charge in [-0.2, -0.15) is 0 Å². The number of carbonyl (C=O) groups excluding carboxylic acids is 1. The number of aliphatic hydroxyl groups is 2. The minimum Gasteiger partial charge on any atom is -0.459 e. The summed E-state index contributed by atoms with van der Waals surface area (Å²) in [4.78, 5) is 20.4. The molecule has 4 heterocycles. The van der Waals surface area contributed by atoms with Crippen molar-refractivity contribution in [1.82, 2.24) is 4.90 Å². The smallest absolute Gasteiger partial charge is 0.311 e. The molecule has 0 aliphatic carbocycles. The first-order chi connectivity index (χ1) is 18.6. The molecule has 0 aromatic carbocycles. The van der Waals surface area contributed by atoms with Crippen molar-refractivity contribution in [1.29, 1.82) is 0 Å². The maximum absolute atomic E-state index is 13.4. The molecule has 3 saturated heterocycles. The van der Waals surface area contributed by atoms with Crippen molar-refractivity contribution < 1.29 is 43.5 Å². The standard InChI is InChI=1S/C29H50N2O9/c1-10-21-27(6)13-19(14-35-30)29(39-27)15(2)12-28(7,40-29)24(17(4)22(32)18(5)25(34)37-21)38-26-23(33)20(31(8)9)11-16(3)36-26/h13,15-18,20-24,26,32-33H,10-12,14,30H2,1-9H3/t15-,16-,17+,18-,20+,21-,22+,23-,24-,26+,27?,28-,29?/m1/s1. The van der Waals surface area contributed by atoms with Gasteiger partial charge in [0.2, 0.25) is 0 Å². The summed E-state index contributed by atoms with van der Waals surface area (Å²) in [5.74, 6) is 2.18. The molecule has 13 atom stereocenters. The van der Waals surface area contributed by atoms with Crippen molar-refractivity contribution in [3.8, 4) is 0 Å². The van der Waals surface area contributed by atoms with Crippen LogP contribution in [0.3, 0.4) is 0 Å². The van der Waals surface area contributed by atoms with E-state index in [9.17, 15) is 15.0 Å². The average Bonchev–Trinajstić information content (AvgIpc) is 3.32. The summed E-state index contributed by atoms with van der Waals surface area (Å²) < 4.78 is 32.5. The Bertz CT molecular complexity index is 964. The lowest BCUT2D eigenvalue weighted by Crippen LogP contribution is -2.59. The van der Waals surface area contributed by atoms with Gasteiger partial charge in [-0.25, -0.2) is 5.90 Å². The summed E-state index contributed by atoms with van der Waals surface area (Å²) in [6.45, 7) is 13.2. The van der Waals surface area contributed by atoms with Gasteiger partial charge in [-0.1, -0.05) is 20.8 Å². The number of nitrogens with zero attached hydrogens (tertiary/aromatic N) is 1. The van der Waals surface area contributed by atoms with Gasteiger partial charge in [-0.15, -0.1) is 0 Å². The SMILES string of the molecule is CC[C@H]1OC(=O)[C@H](C)[C@@H](O)[C@H](C)[C@@H](O[C@@H]2O[C@H](C)C[C@H](N(C)C)[C@H]2O)[C@@]2(C)C[C@@H](C)C3(OC1(C)C=C3CON)O2. The van der Waals surface area contributed by atoms with Crippen molar-refractivity contribution in [2.75, 3.05) is 20.7 Å². The first kappa shape index (κ1) is 31.8. The number of aliphatic hydroxyl groups excluding tert-OH is 2. The summed E-state index contributed by atoms with van der Waals surface area (Å²) in [7, 11) is 3.83. The van der Waals surface area contributed by atoms with Gasteiger partial charge in [0, 0.05) is 23.5 Å². The third-order valence-electron chi connectivity index (χ3n) is 9.59. The molecule has 0 aromatic rings. The van der Waals surface area contributed by atoms with Crippen LogP contribution in [0.2, 0.25) is 0 Å². The van der Waals surface area contributed by atoms with Gasteiger partial charge < -0.3 is 38.8 Å². The number of nitrogens with two attached hydrogens (primary N) is 1. The highest BCUT2D eigenvalue weighted by molar-refractivity contribution is 5.73. The Morgan fingerprint density at radius 3 is 2.40 bits per heavy atom. The van der Waals surface area contributed by atoms with Crippen LogP contribution in [0.1, 0.15) is 67.7 Å². The lowest BCUT2D eigenvalue weighted by Gasteiger charge is -2.47. The zero-order valence-electron chi connectivity index (χ0n) is 25.5. The topological polar surface area (TPSA) is 142 Å². The molecule has 0 saturated carbocycles. The van der Waals surface area contributed by atoms with Gasteiger partial charge >= 0.3 is 5.97 Å². The number of rotatable bonds is 6. The molecule has 40 heavy (non-hydrogen) atoms. The number of ether oxygens (including phenoxy) is 5. The van der Waals surface area contributed by atoms with Gasteiger partial charge in [0.15, 0.2) is 12.1 Å². The second-order valence-electron chi connectivity index (χ2n) is 13.1. The van der Waals surface area contributed by atoms with Gasteiger partial charge in [0.25, 0.3) is 0 Å². The number of carbonyl (C=O) groups is 1. The predicted molar refractivity (Wildman–Crippen MR) is 146 cm³/mol. The molecule has 230 valence electrons. The van der Waals surface area contributed by atoms with Crippen LogP contribution in [0.25, 0.3) is 0 Å². The maximum atomic E-state index is 13.4. The Morgan fingerprint density at radius 1 is 1.12 bits per heavy atom. The normalized spacial score (nSPS) is 49.8. The third-order valence-corrected chi connectivity index (χ3v) is 9.59. The van der Waals surface area contributed by atoms with Crippen LogP contribution in [-0.2, 0) is 33.3 Å². The molecule has 11 heteroatoms. The van der Waals surface area contributed by atoms with Crippen LogP contribution in [0, 0.1) is 17.8 Å². The summed E-state index contributed by atoms with van der Waals surface area (Å²) in [5.41, 5.74) is -1.31. The summed E-state index contributed by atoms with van der Waals surface area (Å²) in [5, 5.41) is 22.8. The highest BCUT2D eigenvalue weighted by atomic mass is 16.8. The highest BCUT2D eigenvalue weighted by Crippen LogP contribution is 2.56. The fourth-order valence-electron chi connectivity index (χ4n) is 7.42. The van der Waals surface area contributed by atoms with Crippen LogP contribution >= 0.6 is 0 Å². The molecule has 4 aliphatic rings. The van der Waals surface area contributed by atoms with Crippen molar-refractivity contribution in [3.63, 3.8) is 0 Å². The molecular formula is C29H50N2O9. The minimum absolute atomic E-state index is 0.0625. The Morgan fingerprint density at radius 2 is 1.80 bits per heavy atom. The molecule has 4 rings (SSSR count). The van der Waals surface area contributed by atoms with Crippen molar-refractivity contribution in [2.24, 2.45) is 23.7 Å². The van der Waals surface area contributed by atoms with E-state index in [1.165, 1.54) is 0 Å². The molecule has 11 nitrogen and oxygen atoms in total. The highest BCUT2D eigenvalue weighted by Gasteiger charge is 2.65. The Kier molecular flexibility index (Phi) is 9.14. The lowest BCUT2D eigenvalue weighted by atomic mass is 9.78. The molecule has 4 aliphatic heterocycles. The molecule has 0 amide bonds. The summed E-state index contributed by atoms with van der Waals surface area (Å²) in [6, 6.07) is -0.183. The molecule has 3 fully saturated rings. The Balaban J connectivity index is 1.80. The fraction of sp³-hybridized carbons (Fsp3) is 0.897. The largest absolute Gasteiger partial charge is 0.459 e. The van der Waals surface area contributed by atoms with Crippen molar-refractivity contribution >= 4 is 5.97 Å². The molecule has 1 spiro atoms. The van der Waals surface area contributed by atoms with Gasteiger partial charge in [0.05, 0.1) is 36.4 Å². The summed E-state index contributed by atoms with van der Waals surface area (Å²) >= 11 is 0. The number of esters is 1. The van der Waals surface area contributed by atoms with E-state index in [2.05, 4.69) is 0 Å². The van der Waals surface area contributed by atoms with Crippen molar-refractivity contribution in [2.45, 2.75) is 128 Å². The van der Waals surface area contributed by atoms with Gasteiger partial charge in [-0.3, -0.25) is 9.63 Å². The third kappa shape index (κ3) is 5.38. The number of fused-ring (bicyclic) bond motifs is 2. The molecule has 0 aromatic heterocycles. The van der Waals surface area contributed by atoms with Gasteiger partial charge in [0.1, 0.15) is 17.8 Å². The maximum Gasteiger partial charge on any atom is 0.311 e. The second kappa shape index (κ2) is 11.5. The molecule has 4 N–H and O–H groups in total. The molecule has 2 unspecified atom stereocenters. The zero-order valence-corrected chi connectivity index (χ0v) is 25.5. The first-order valence-corrected chi connectivity index (χ1v) is 14.6. The Hall–Kier alpha value is -1.15. The van der Waals surface area contributed by atoms with E-state index in [0.29, 0.717) is 24.8 Å². The van der Waals surface area contributed by atoms with E-state index < -0.39 is 65.5 Å². The molecule has 0 radical (unpaired) electrons. The molecular weight excluding hydrogens is 520 g/mol. The average molecular weight is 571 g/mol. The monoisotopic (exact) mass is 570 g/mol. The van der Waals surface area contributed by atoms with E-state index in [1.807, 2.05) is 66.6 Å². The quantitative estimate of drug-likeness (QED) is 0.245. The predicted octanol–water partition coefficient (Wildman–Crippen LogP) is 1.88. The first-order valence-electron chi connectivity index (χ1n) is 14.6. The Labute approximate surface area is 238 Å². The number of likely N-dealkylation sites (N-methyl/N-ethyl adjacent to an activating group) is 1. The minimum atomic E-state index is -1.22. The second-order valence-corrected chi connectivity index (χ2v) is 13.1. The van der Waals surface area contributed by atoms with Crippen LogP contribution in [0.5, 0.6) is 0 Å². The van der Waals surface area contributed by atoms with Gasteiger partial charge in [-0.05, 0) is 67.1 Å². The number of hydrogen-bond donors (Lipinski definition) is 3. The zero-order chi connectivity index (χ0) is 29.8. The van der Waals surface area contributed by atoms with Crippen LogP contribution < -0.4 is 5.90 Å². The van der Waals surface area contributed by atoms with E-state index in [1.54, 1.807) is 6.92 Å².